The van der Waals surface area contributed by atoms with Crippen molar-refractivity contribution < 1.29 is 0 Å². The van der Waals surface area contributed by atoms with E-state index in [4.69, 9.17) is 0 Å². The fourth-order valence-electron chi connectivity index (χ4n) is 2.43. The van der Waals surface area contributed by atoms with E-state index in [0.717, 1.165) is 24.8 Å². The maximum absolute atomic E-state index is 4.19. The van der Waals surface area contributed by atoms with E-state index in [1.807, 2.05) is 18.5 Å². The normalized spacial score (nSPS) is 19.4. The van der Waals surface area contributed by atoms with E-state index in [2.05, 4.69) is 30.2 Å². The monoisotopic (exact) mass is 218 g/mol. The van der Waals surface area contributed by atoms with E-state index >= 15 is 0 Å². The fraction of sp³-hybridized carbons (Fsp3) is 0.643. The van der Waals surface area contributed by atoms with Gasteiger partial charge in [-0.2, -0.15) is 0 Å². The van der Waals surface area contributed by atoms with Gasteiger partial charge in [0, 0.05) is 18.4 Å². The first-order valence-electron chi connectivity index (χ1n) is 6.43. The molecule has 1 aliphatic carbocycles. The second kappa shape index (κ2) is 5.44. The molecule has 1 fully saturated rings. The molecule has 1 aromatic heterocycles. The van der Waals surface area contributed by atoms with Gasteiger partial charge in [0.1, 0.15) is 0 Å². The zero-order chi connectivity index (χ0) is 11.4. The number of hydrogen-bond donors (Lipinski definition) is 1. The number of rotatable bonds is 6. The minimum atomic E-state index is 0.613. The summed E-state index contributed by atoms with van der Waals surface area (Å²) in [4.78, 5) is 4.19. The van der Waals surface area contributed by atoms with Gasteiger partial charge < -0.3 is 5.32 Å². The van der Waals surface area contributed by atoms with Crippen molar-refractivity contribution in [2.24, 2.45) is 11.8 Å². The first-order valence-corrected chi connectivity index (χ1v) is 6.43. The van der Waals surface area contributed by atoms with Gasteiger partial charge >= 0.3 is 0 Å². The number of likely N-dealkylation sites (N-methyl/N-ethyl adjacent to an activating group) is 1. The highest BCUT2D eigenvalue weighted by molar-refractivity contribution is 5.11. The van der Waals surface area contributed by atoms with Crippen LogP contribution < -0.4 is 5.32 Å². The van der Waals surface area contributed by atoms with Crippen LogP contribution in [0.15, 0.2) is 24.5 Å². The summed E-state index contributed by atoms with van der Waals surface area (Å²) in [5.41, 5.74) is 1.35. The molecule has 1 saturated carbocycles. The van der Waals surface area contributed by atoms with Crippen molar-refractivity contribution in [2.45, 2.75) is 39.2 Å². The first kappa shape index (κ1) is 11.6. The molecule has 0 bridgehead atoms. The molecule has 1 heterocycles. The molecule has 2 nitrogen and oxygen atoms in total. The molecular formula is C14H22N2. The minimum absolute atomic E-state index is 0.613. The van der Waals surface area contributed by atoms with Gasteiger partial charge in [-0.25, -0.2) is 0 Å². The van der Waals surface area contributed by atoms with Crippen LogP contribution in [0.1, 0.15) is 32.3 Å². The van der Waals surface area contributed by atoms with Gasteiger partial charge in [0.2, 0.25) is 0 Å². The smallest absolute Gasteiger partial charge is 0.0300 e. The number of aromatic nitrogens is 1. The third-order valence-electron chi connectivity index (χ3n) is 3.64. The summed E-state index contributed by atoms with van der Waals surface area (Å²) in [6, 6.07) is 4.82. The van der Waals surface area contributed by atoms with Crippen LogP contribution in [0.4, 0.5) is 0 Å². The second-order valence-electron chi connectivity index (χ2n) is 4.93. The molecule has 0 spiro atoms. The van der Waals surface area contributed by atoms with Crippen molar-refractivity contribution in [1.29, 1.82) is 0 Å². The van der Waals surface area contributed by atoms with Crippen LogP contribution in [0.2, 0.25) is 0 Å². The molecule has 88 valence electrons. The lowest BCUT2D eigenvalue weighted by atomic mass is 9.91. The molecule has 2 unspecified atom stereocenters. The van der Waals surface area contributed by atoms with Crippen molar-refractivity contribution in [3.8, 4) is 0 Å². The summed E-state index contributed by atoms with van der Waals surface area (Å²) in [5.74, 6) is 1.75. The van der Waals surface area contributed by atoms with Gasteiger partial charge in [0.05, 0.1) is 0 Å². The van der Waals surface area contributed by atoms with Crippen LogP contribution in [0.3, 0.4) is 0 Å². The average molecular weight is 218 g/mol. The lowest BCUT2D eigenvalue weighted by Crippen LogP contribution is -2.37. The topological polar surface area (TPSA) is 24.9 Å². The van der Waals surface area contributed by atoms with Gasteiger partial charge in [-0.05, 0) is 49.3 Å². The quantitative estimate of drug-likeness (QED) is 0.794. The molecule has 2 heteroatoms. The fourth-order valence-corrected chi connectivity index (χ4v) is 2.43. The van der Waals surface area contributed by atoms with E-state index in [9.17, 15) is 0 Å². The van der Waals surface area contributed by atoms with E-state index in [-0.39, 0.29) is 0 Å². The summed E-state index contributed by atoms with van der Waals surface area (Å²) in [6.45, 7) is 5.64. The molecule has 16 heavy (non-hydrogen) atoms. The van der Waals surface area contributed by atoms with Crippen molar-refractivity contribution in [1.82, 2.24) is 10.3 Å². The highest BCUT2D eigenvalue weighted by Crippen LogP contribution is 2.38. The molecule has 1 aliphatic rings. The number of hydrogen-bond acceptors (Lipinski definition) is 2. The standard InChI is InChI=1S/C14H22N2/c1-3-16-14(11(2)13-6-7-13)9-12-5-4-8-15-10-12/h4-5,8,10-11,13-14,16H,3,6-7,9H2,1-2H3. The number of nitrogens with zero attached hydrogens (tertiary/aromatic N) is 1. The molecule has 0 amide bonds. The summed E-state index contributed by atoms with van der Waals surface area (Å²) >= 11 is 0. The molecule has 0 saturated heterocycles. The van der Waals surface area contributed by atoms with Crippen LogP contribution in [0.5, 0.6) is 0 Å². The van der Waals surface area contributed by atoms with Gasteiger partial charge in [-0.1, -0.05) is 19.9 Å². The predicted octanol–water partition coefficient (Wildman–Crippen LogP) is 2.65. The molecular weight excluding hydrogens is 196 g/mol. The average Bonchev–Trinajstić information content (AvgIpc) is 3.13. The largest absolute Gasteiger partial charge is 0.314 e. The minimum Gasteiger partial charge on any atom is -0.314 e. The zero-order valence-electron chi connectivity index (χ0n) is 10.3. The molecule has 0 aromatic carbocycles. The van der Waals surface area contributed by atoms with Crippen LogP contribution in [0.25, 0.3) is 0 Å². The summed E-state index contributed by atoms with van der Waals surface area (Å²) < 4.78 is 0. The van der Waals surface area contributed by atoms with E-state index in [0.29, 0.717) is 6.04 Å². The van der Waals surface area contributed by atoms with Crippen LogP contribution in [0, 0.1) is 11.8 Å². The number of pyridine rings is 1. The first-order chi connectivity index (χ1) is 7.81. The Morgan fingerprint density at radius 2 is 2.31 bits per heavy atom. The third kappa shape index (κ3) is 3.05. The van der Waals surface area contributed by atoms with Crippen molar-refractivity contribution in [3.05, 3.63) is 30.1 Å². The van der Waals surface area contributed by atoms with Gasteiger partial charge in [0.15, 0.2) is 0 Å². The molecule has 1 N–H and O–H groups in total. The highest BCUT2D eigenvalue weighted by Gasteiger charge is 2.32. The number of nitrogens with one attached hydrogen (secondary N) is 1. The zero-order valence-corrected chi connectivity index (χ0v) is 10.3. The van der Waals surface area contributed by atoms with Gasteiger partial charge in [-0.15, -0.1) is 0 Å². The van der Waals surface area contributed by atoms with Gasteiger partial charge in [-0.3, -0.25) is 4.98 Å². The summed E-state index contributed by atoms with van der Waals surface area (Å²) in [6.07, 6.45) is 7.80. The van der Waals surface area contributed by atoms with Crippen molar-refractivity contribution in [3.63, 3.8) is 0 Å². The Kier molecular flexibility index (Phi) is 3.94. The molecule has 2 rings (SSSR count). The van der Waals surface area contributed by atoms with Crippen molar-refractivity contribution >= 4 is 0 Å². The maximum atomic E-state index is 4.19. The Morgan fingerprint density at radius 3 is 2.88 bits per heavy atom. The Bertz CT molecular complexity index is 306. The van der Waals surface area contributed by atoms with Crippen LogP contribution in [-0.2, 0) is 6.42 Å². The summed E-state index contributed by atoms with van der Waals surface area (Å²) in [7, 11) is 0. The molecule has 0 radical (unpaired) electrons. The van der Waals surface area contributed by atoms with E-state index in [1.54, 1.807) is 0 Å². The molecule has 1 aromatic rings. The Morgan fingerprint density at radius 1 is 1.50 bits per heavy atom. The summed E-state index contributed by atoms with van der Waals surface area (Å²) in [5, 5.41) is 3.62. The third-order valence-corrected chi connectivity index (χ3v) is 3.64. The lowest BCUT2D eigenvalue weighted by Gasteiger charge is -2.24. The second-order valence-corrected chi connectivity index (χ2v) is 4.93. The van der Waals surface area contributed by atoms with Crippen molar-refractivity contribution in [2.75, 3.05) is 6.54 Å². The van der Waals surface area contributed by atoms with Gasteiger partial charge in [0.25, 0.3) is 0 Å². The maximum Gasteiger partial charge on any atom is 0.0300 e. The van der Waals surface area contributed by atoms with Crippen LogP contribution >= 0.6 is 0 Å². The highest BCUT2D eigenvalue weighted by atomic mass is 14.9. The predicted molar refractivity (Wildman–Crippen MR) is 67.3 cm³/mol. The van der Waals surface area contributed by atoms with E-state index < -0.39 is 0 Å². The molecule has 0 aliphatic heterocycles. The van der Waals surface area contributed by atoms with Crippen LogP contribution in [-0.4, -0.2) is 17.6 Å². The SMILES string of the molecule is CCNC(Cc1cccnc1)C(C)C1CC1. The Hall–Kier alpha value is -0.890. The lowest BCUT2D eigenvalue weighted by molar-refractivity contribution is 0.344. The Labute approximate surface area is 98.5 Å². The Balaban J connectivity index is 1.96. The molecule has 2 atom stereocenters. The van der Waals surface area contributed by atoms with E-state index in [1.165, 1.54) is 18.4 Å².